The molecule has 1 heterocycles. The maximum Gasteiger partial charge on any atom is 0.414 e. The van der Waals surface area contributed by atoms with E-state index in [0.717, 1.165) is 11.8 Å². The lowest BCUT2D eigenvalue weighted by molar-refractivity contribution is 0.102. The first kappa shape index (κ1) is 12.4. The number of amides is 1. The number of nitrogens with zero attached hydrogens (tertiary/aromatic N) is 1. The predicted octanol–water partition coefficient (Wildman–Crippen LogP) is 1.79. The van der Waals surface area contributed by atoms with Crippen LogP contribution in [-0.2, 0) is 11.3 Å². The number of β-amino-alcohol motifs (C(OH)–C–C–N with tert-alkyl or cyclic N) is 1. The Balaban J connectivity index is 1.92. The number of likely N-dealkylation sites (tertiary alicyclic amines) is 1. The highest BCUT2D eigenvalue weighted by molar-refractivity contribution is 5.70. The van der Waals surface area contributed by atoms with E-state index in [1.54, 1.807) is 0 Å². The van der Waals surface area contributed by atoms with E-state index in [1.165, 1.54) is 4.90 Å². The molecule has 18 heavy (non-hydrogen) atoms. The van der Waals surface area contributed by atoms with E-state index in [1.807, 2.05) is 30.3 Å². The fraction of sp³-hybridized carbons (Fsp3) is 0.308. The largest absolute Gasteiger partial charge is 0.514 e. The lowest BCUT2D eigenvalue weighted by atomic mass is 10.2. The smallest absolute Gasteiger partial charge is 0.414 e. The summed E-state index contributed by atoms with van der Waals surface area (Å²) in [6.45, 7) is 0.324. The molecular formula is C13H15NO4. The van der Waals surface area contributed by atoms with Crippen LogP contribution in [0.1, 0.15) is 12.0 Å². The minimum atomic E-state index is -0.646. The van der Waals surface area contributed by atoms with Crippen LogP contribution in [0.25, 0.3) is 0 Å². The number of carbonyl (C=O) groups excluding carboxylic acids is 1. The summed E-state index contributed by atoms with van der Waals surface area (Å²) in [5.41, 5.74) is 1.26. The van der Waals surface area contributed by atoms with Gasteiger partial charge in [0, 0.05) is 6.42 Å². The molecule has 1 saturated heterocycles. The van der Waals surface area contributed by atoms with Gasteiger partial charge in [0.05, 0.1) is 24.6 Å². The maximum absolute atomic E-state index is 11.8. The van der Waals surface area contributed by atoms with Crippen LogP contribution in [-0.4, -0.2) is 33.9 Å². The van der Waals surface area contributed by atoms with Gasteiger partial charge in [0.15, 0.2) is 0 Å². The van der Waals surface area contributed by atoms with Crippen LogP contribution in [0.4, 0.5) is 4.79 Å². The van der Waals surface area contributed by atoms with Gasteiger partial charge < -0.3 is 14.9 Å². The van der Waals surface area contributed by atoms with Crippen LogP contribution in [0.5, 0.6) is 0 Å². The van der Waals surface area contributed by atoms with Crippen molar-refractivity contribution >= 4 is 6.09 Å². The van der Waals surface area contributed by atoms with Crippen molar-refractivity contribution in [3.8, 4) is 0 Å². The third-order valence-corrected chi connectivity index (χ3v) is 2.76. The van der Waals surface area contributed by atoms with Crippen LogP contribution in [0.2, 0.25) is 0 Å². The Morgan fingerprint density at radius 3 is 2.83 bits per heavy atom. The van der Waals surface area contributed by atoms with E-state index in [0.29, 0.717) is 5.70 Å². The summed E-state index contributed by atoms with van der Waals surface area (Å²) in [6.07, 6.45) is -0.111. The molecule has 2 rings (SSSR count). The Morgan fingerprint density at radius 1 is 1.44 bits per heavy atom. The molecule has 5 nitrogen and oxygen atoms in total. The van der Waals surface area contributed by atoms with Gasteiger partial charge in [-0.3, -0.25) is 4.90 Å². The highest BCUT2D eigenvalue weighted by atomic mass is 16.6. The zero-order valence-corrected chi connectivity index (χ0v) is 9.82. The summed E-state index contributed by atoms with van der Waals surface area (Å²) in [4.78, 5) is 13.0. The Hall–Kier alpha value is -2.01. The van der Waals surface area contributed by atoms with Crippen molar-refractivity contribution in [2.45, 2.75) is 19.1 Å². The lowest BCUT2D eigenvalue weighted by Gasteiger charge is -2.16. The van der Waals surface area contributed by atoms with Gasteiger partial charge in [0.1, 0.15) is 6.61 Å². The highest BCUT2D eigenvalue weighted by Gasteiger charge is 2.30. The number of aliphatic hydroxyl groups is 2. The molecule has 0 bridgehead atoms. The zero-order valence-electron chi connectivity index (χ0n) is 9.82. The Bertz CT molecular complexity index is 444. The summed E-state index contributed by atoms with van der Waals surface area (Å²) >= 11 is 0. The fourth-order valence-electron chi connectivity index (χ4n) is 1.86. The molecule has 0 unspecified atom stereocenters. The molecule has 0 saturated carbocycles. The lowest BCUT2D eigenvalue weighted by Crippen LogP contribution is -2.29. The van der Waals surface area contributed by atoms with Gasteiger partial charge in [-0.15, -0.1) is 0 Å². The van der Waals surface area contributed by atoms with E-state index in [2.05, 4.69) is 0 Å². The Kier molecular flexibility index (Phi) is 3.84. The van der Waals surface area contributed by atoms with Crippen molar-refractivity contribution < 1.29 is 19.7 Å². The van der Waals surface area contributed by atoms with Gasteiger partial charge in [0.2, 0.25) is 0 Å². The van der Waals surface area contributed by atoms with Gasteiger partial charge >= 0.3 is 6.09 Å². The second kappa shape index (κ2) is 5.55. The molecule has 0 aliphatic carbocycles. The van der Waals surface area contributed by atoms with Crippen molar-refractivity contribution in [2.24, 2.45) is 0 Å². The normalized spacial score (nSPS) is 21.3. The maximum atomic E-state index is 11.8. The van der Waals surface area contributed by atoms with Crippen LogP contribution < -0.4 is 0 Å². The molecule has 0 radical (unpaired) electrons. The molecule has 0 aromatic heterocycles. The topological polar surface area (TPSA) is 70.0 Å². The molecule has 2 N–H and O–H groups in total. The summed E-state index contributed by atoms with van der Waals surface area (Å²) in [5, 5.41) is 18.4. The first-order valence-electron chi connectivity index (χ1n) is 5.70. The summed E-state index contributed by atoms with van der Waals surface area (Å²) in [6, 6.07) is 9.32. The third kappa shape index (κ3) is 2.81. The van der Waals surface area contributed by atoms with Crippen molar-refractivity contribution in [2.75, 3.05) is 6.54 Å². The standard InChI is InChI=1S/C13H15NO4/c15-8-11-6-12(16)7-14(11)13(17)18-9-10-4-2-1-3-5-10/h1-5,8,12,15-16H,6-7,9H2/b11-8+/t12-/m1/s1. The summed E-state index contributed by atoms with van der Waals surface area (Å²) in [7, 11) is 0. The van der Waals surface area contributed by atoms with Crippen LogP contribution in [0.3, 0.4) is 0 Å². The number of carbonyl (C=O) groups is 1. The Labute approximate surface area is 105 Å². The molecule has 96 valence electrons. The number of benzene rings is 1. The molecule has 1 atom stereocenters. The van der Waals surface area contributed by atoms with E-state index >= 15 is 0 Å². The average molecular weight is 249 g/mol. The molecule has 1 amide bonds. The molecule has 5 heteroatoms. The van der Waals surface area contributed by atoms with Gasteiger partial charge in [-0.25, -0.2) is 4.79 Å². The fourth-order valence-corrected chi connectivity index (χ4v) is 1.86. The van der Waals surface area contributed by atoms with Crippen molar-refractivity contribution in [1.82, 2.24) is 4.90 Å². The number of aliphatic hydroxyl groups excluding tert-OH is 2. The van der Waals surface area contributed by atoms with E-state index < -0.39 is 12.2 Å². The molecule has 1 fully saturated rings. The Morgan fingerprint density at radius 2 is 2.17 bits per heavy atom. The molecule has 1 aromatic rings. The molecule has 1 aliphatic rings. The first-order valence-corrected chi connectivity index (χ1v) is 5.70. The quantitative estimate of drug-likeness (QED) is 0.784. The monoisotopic (exact) mass is 249 g/mol. The number of hydrogen-bond acceptors (Lipinski definition) is 4. The van der Waals surface area contributed by atoms with Gasteiger partial charge in [-0.05, 0) is 5.56 Å². The molecular weight excluding hydrogens is 234 g/mol. The minimum absolute atomic E-state index is 0.153. The number of hydrogen-bond donors (Lipinski definition) is 2. The zero-order chi connectivity index (χ0) is 13.0. The molecule has 0 spiro atoms. The highest BCUT2D eigenvalue weighted by Crippen LogP contribution is 2.22. The van der Waals surface area contributed by atoms with Crippen LogP contribution in [0, 0.1) is 0 Å². The van der Waals surface area contributed by atoms with E-state index in [9.17, 15) is 9.90 Å². The van der Waals surface area contributed by atoms with E-state index in [4.69, 9.17) is 9.84 Å². The second-order valence-corrected chi connectivity index (χ2v) is 4.13. The second-order valence-electron chi connectivity index (χ2n) is 4.13. The molecule has 1 aromatic carbocycles. The van der Waals surface area contributed by atoms with Gasteiger partial charge in [-0.2, -0.15) is 0 Å². The first-order chi connectivity index (χ1) is 8.70. The summed E-state index contributed by atoms with van der Waals surface area (Å²) < 4.78 is 5.12. The number of ether oxygens (including phenoxy) is 1. The van der Waals surface area contributed by atoms with Crippen LogP contribution >= 0.6 is 0 Å². The number of rotatable bonds is 2. The van der Waals surface area contributed by atoms with Gasteiger partial charge in [-0.1, -0.05) is 30.3 Å². The third-order valence-electron chi connectivity index (χ3n) is 2.76. The molecule has 1 aliphatic heterocycles. The van der Waals surface area contributed by atoms with E-state index in [-0.39, 0.29) is 19.6 Å². The van der Waals surface area contributed by atoms with Crippen LogP contribution in [0.15, 0.2) is 42.3 Å². The average Bonchev–Trinajstić information content (AvgIpc) is 2.78. The summed E-state index contributed by atoms with van der Waals surface area (Å²) in [5.74, 6) is 0. The minimum Gasteiger partial charge on any atom is -0.514 e. The van der Waals surface area contributed by atoms with Crippen molar-refractivity contribution in [1.29, 1.82) is 0 Å². The van der Waals surface area contributed by atoms with Crippen molar-refractivity contribution in [3.63, 3.8) is 0 Å². The van der Waals surface area contributed by atoms with Crippen molar-refractivity contribution in [3.05, 3.63) is 47.9 Å². The van der Waals surface area contributed by atoms with Gasteiger partial charge in [0.25, 0.3) is 0 Å². The predicted molar refractivity (Wildman–Crippen MR) is 64.7 cm³/mol. The SMILES string of the molecule is O=C(OCc1ccccc1)N1C[C@H](O)C/C1=C\O.